The molecule has 0 fully saturated rings. The summed E-state index contributed by atoms with van der Waals surface area (Å²) in [4.78, 5) is 10.1. The minimum Gasteiger partial charge on any atom is -0.484 e. The molecule has 2 aromatic carbocycles. The number of hydrogen-bond donors (Lipinski definition) is 0. The lowest BCUT2D eigenvalue weighted by Crippen LogP contribution is -1.96. The molecule has 0 saturated carbocycles. The van der Waals surface area contributed by atoms with E-state index in [1.54, 1.807) is 12.1 Å². The third-order valence-electron chi connectivity index (χ3n) is 2.98. The second kappa shape index (κ2) is 6.22. The lowest BCUT2D eigenvalue weighted by atomic mass is 10.2. The number of nitrogens with zero attached hydrogens (tertiary/aromatic N) is 3. The van der Waals surface area contributed by atoms with E-state index in [4.69, 9.17) is 9.15 Å². The van der Waals surface area contributed by atoms with E-state index in [0.717, 1.165) is 0 Å². The van der Waals surface area contributed by atoms with Gasteiger partial charge in [0.1, 0.15) is 11.6 Å². The Balaban J connectivity index is 1.68. The van der Waals surface area contributed by atoms with Gasteiger partial charge in [0.05, 0.1) is 10.5 Å². The molecule has 0 amide bonds. The van der Waals surface area contributed by atoms with Crippen LogP contribution in [0.3, 0.4) is 0 Å². The van der Waals surface area contributed by atoms with Crippen LogP contribution >= 0.6 is 0 Å². The van der Waals surface area contributed by atoms with Crippen LogP contribution in [0.1, 0.15) is 5.89 Å². The van der Waals surface area contributed by atoms with Crippen LogP contribution in [-0.2, 0) is 6.61 Å². The zero-order valence-corrected chi connectivity index (χ0v) is 11.7. The first-order chi connectivity index (χ1) is 11.1. The monoisotopic (exact) mass is 315 g/mol. The summed E-state index contributed by atoms with van der Waals surface area (Å²) in [5.41, 5.74) is 0.179. The van der Waals surface area contributed by atoms with Crippen molar-refractivity contribution in [3.63, 3.8) is 0 Å². The Bertz CT molecular complexity index is 833. The Kier molecular flexibility index (Phi) is 3.96. The van der Waals surface area contributed by atoms with Crippen LogP contribution in [0.5, 0.6) is 5.75 Å². The van der Waals surface area contributed by atoms with E-state index >= 15 is 0 Å². The molecule has 116 valence electrons. The fourth-order valence-electron chi connectivity index (χ4n) is 1.86. The molecule has 1 aromatic heterocycles. The van der Waals surface area contributed by atoms with Crippen molar-refractivity contribution in [3.8, 4) is 17.2 Å². The standard InChI is InChI=1S/C15H10FN3O4/c16-13-4-2-1-3-12(13)15-18-17-14(23-15)9-22-11-7-5-10(6-8-11)19(20)21/h1-8H,9H2. The smallest absolute Gasteiger partial charge is 0.269 e. The molecular weight excluding hydrogens is 305 g/mol. The molecule has 0 aliphatic heterocycles. The first-order valence-corrected chi connectivity index (χ1v) is 6.58. The van der Waals surface area contributed by atoms with Crippen LogP contribution in [0.25, 0.3) is 11.5 Å². The predicted octanol–water partition coefficient (Wildman–Crippen LogP) is 3.36. The van der Waals surface area contributed by atoms with E-state index in [9.17, 15) is 14.5 Å². The molecule has 3 aromatic rings. The molecule has 23 heavy (non-hydrogen) atoms. The summed E-state index contributed by atoms with van der Waals surface area (Å²) in [7, 11) is 0. The number of rotatable bonds is 5. The van der Waals surface area contributed by atoms with Crippen molar-refractivity contribution in [1.82, 2.24) is 10.2 Å². The molecule has 0 aliphatic carbocycles. The average Bonchev–Trinajstić information content (AvgIpc) is 3.02. The molecule has 3 rings (SSSR count). The van der Waals surface area contributed by atoms with Crippen LogP contribution in [0.4, 0.5) is 10.1 Å². The largest absolute Gasteiger partial charge is 0.484 e. The molecule has 0 radical (unpaired) electrons. The van der Waals surface area contributed by atoms with Crippen LogP contribution in [-0.4, -0.2) is 15.1 Å². The second-order valence-corrected chi connectivity index (χ2v) is 4.52. The summed E-state index contributed by atoms with van der Waals surface area (Å²) in [5.74, 6) is 0.187. The zero-order valence-electron chi connectivity index (χ0n) is 11.7. The molecular formula is C15H10FN3O4. The number of nitro benzene ring substituents is 1. The van der Waals surface area contributed by atoms with Crippen LogP contribution in [0.2, 0.25) is 0 Å². The molecule has 0 atom stereocenters. The number of nitro groups is 1. The van der Waals surface area contributed by atoms with Gasteiger partial charge in [-0.15, -0.1) is 10.2 Å². The summed E-state index contributed by atoms with van der Waals surface area (Å²) in [6.45, 7) is -0.0285. The number of hydrogen-bond acceptors (Lipinski definition) is 6. The molecule has 0 saturated heterocycles. The Morgan fingerprint density at radius 1 is 1.13 bits per heavy atom. The third-order valence-corrected chi connectivity index (χ3v) is 2.98. The fourth-order valence-corrected chi connectivity index (χ4v) is 1.86. The normalized spacial score (nSPS) is 10.5. The van der Waals surface area contributed by atoms with Crippen molar-refractivity contribution in [2.75, 3.05) is 0 Å². The van der Waals surface area contributed by atoms with Gasteiger partial charge in [0.25, 0.3) is 17.5 Å². The maximum absolute atomic E-state index is 13.6. The van der Waals surface area contributed by atoms with E-state index in [1.807, 2.05) is 0 Å². The summed E-state index contributed by atoms with van der Waals surface area (Å²) in [6.07, 6.45) is 0. The van der Waals surface area contributed by atoms with Crippen molar-refractivity contribution >= 4 is 5.69 Å². The van der Waals surface area contributed by atoms with Crippen molar-refractivity contribution in [3.05, 3.63) is 70.4 Å². The van der Waals surface area contributed by atoms with Gasteiger partial charge in [-0.05, 0) is 24.3 Å². The predicted molar refractivity (Wildman–Crippen MR) is 77.1 cm³/mol. The molecule has 7 nitrogen and oxygen atoms in total. The van der Waals surface area contributed by atoms with Gasteiger partial charge in [-0.25, -0.2) is 4.39 Å². The summed E-state index contributed by atoms with van der Waals surface area (Å²) in [5, 5.41) is 18.1. The van der Waals surface area contributed by atoms with Gasteiger partial charge in [0.15, 0.2) is 6.61 Å². The van der Waals surface area contributed by atoms with Gasteiger partial charge in [-0.1, -0.05) is 12.1 Å². The van der Waals surface area contributed by atoms with Crippen molar-refractivity contribution in [1.29, 1.82) is 0 Å². The number of halogens is 1. The van der Waals surface area contributed by atoms with Crippen LogP contribution < -0.4 is 4.74 Å². The lowest BCUT2D eigenvalue weighted by molar-refractivity contribution is -0.384. The maximum atomic E-state index is 13.6. The zero-order chi connectivity index (χ0) is 16.2. The van der Waals surface area contributed by atoms with Gasteiger partial charge in [-0.3, -0.25) is 10.1 Å². The van der Waals surface area contributed by atoms with Gasteiger partial charge >= 0.3 is 0 Å². The van der Waals surface area contributed by atoms with E-state index in [2.05, 4.69) is 10.2 Å². The van der Waals surface area contributed by atoms with Crippen molar-refractivity contribution in [2.45, 2.75) is 6.61 Å². The molecule has 0 spiro atoms. The van der Waals surface area contributed by atoms with Gasteiger partial charge in [-0.2, -0.15) is 0 Å². The molecule has 0 bridgehead atoms. The Morgan fingerprint density at radius 3 is 2.57 bits per heavy atom. The van der Waals surface area contributed by atoms with E-state index < -0.39 is 10.7 Å². The van der Waals surface area contributed by atoms with Gasteiger partial charge in [0.2, 0.25) is 0 Å². The summed E-state index contributed by atoms with van der Waals surface area (Å²) >= 11 is 0. The summed E-state index contributed by atoms with van der Waals surface area (Å²) in [6, 6.07) is 11.6. The highest BCUT2D eigenvalue weighted by Crippen LogP contribution is 2.22. The lowest BCUT2D eigenvalue weighted by Gasteiger charge is -2.02. The maximum Gasteiger partial charge on any atom is 0.269 e. The molecule has 8 heteroatoms. The second-order valence-electron chi connectivity index (χ2n) is 4.52. The van der Waals surface area contributed by atoms with E-state index in [1.165, 1.54) is 36.4 Å². The first kappa shape index (κ1) is 14.6. The van der Waals surface area contributed by atoms with E-state index in [0.29, 0.717) is 5.75 Å². The Morgan fingerprint density at radius 2 is 1.87 bits per heavy atom. The Labute approximate surface area is 129 Å². The molecule has 0 N–H and O–H groups in total. The molecule has 1 heterocycles. The van der Waals surface area contributed by atoms with Crippen LogP contribution in [0.15, 0.2) is 52.9 Å². The third kappa shape index (κ3) is 3.31. The molecule has 0 aliphatic rings. The minimum atomic E-state index is -0.498. The Hall–Kier alpha value is -3.29. The van der Waals surface area contributed by atoms with E-state index in [-0.39, 0.29) is 29.6 Å². The minimum absolute atomic E-state index is 0.0285. The van der Waals surface area contributed by atoms with Gasteiger partial charge < -0.3 is 9.15 Å². The highest BCUT2D eigenvalue weighted by atomic mass is 19.1. The topological polar surface area (TPSA) is 91.3 Å². The highest BCUT2D eigenvalue weighted by Gasteiger charge is 2.13. The van der Waals surface area contributed by atoms with Crippen molar-refractivity contribution in [2.24, 2.45) is 0 Å². The number of benzene rings is 2. The van der Waals surface area contributed by atoms with Gasteiger partial charge in [0, 0.05) is 12.1 Å². The SMILES string of the molecule is O=[N+]([O-])c1ccc(OCc2nnc(-c3ccccc3F)o2)cc1. The van der Waals surface area contributed by atoms with Crippen molar-refractivity contribution < 1.29 is 18.5 Å². The number of non-ortho nitro benzene ring substituents is 1. The quantitative estimate of drug-likeness (QED) is 0.529. The summed E-state index contributed by atoms with van der Waals surface area (Å²) < 4.78 is 24.4. The number of aromatic nitrogens is 2. The first-order valence-electron chi connectivity index (χ1n) is 6.58. The fraction of sp³-hybridized carbons (Fsp3) is 0.0667. The average molecular weight is 315 g/mol. The van der Waals surface area contributed by atoms with Crippen LogP contribution in [0, 0.1) is 15.9 Å². The number of ether oxygens (including phenoxy) is 1. The molecule has 0 unspecified atom stereocenters. The highest BCUT2D eigenvalue weighted by molar-refractivity contribution is 5.53.